The predicted octanol–water partition coefficient (Wildman–Crippen LogP) is 1.02. The Bertz CT molecular complexity index is 487. The van der Waals surface area contributed by atoms with Crippen molar-refractivity contribution in [3.63, 3.8) is 0 Å². The van der Waals surface area contributed by atoms with Gasteiger partial charge in [0.25, 0.3) is 0 Å². The van der Waals surface area contributed by atoms with Gasteiger partial charge in [-0.25, -0.2) is 0 Å². The zero-order valence-electron chi connectivity index (χ0n) is 13.2. The van der Waals surface area contributed by atoms with E-state index in [0.29, 0.717) is 6.54 Å². The number of aromatic nitrogens is 1. The summed E-state index contributed by atoms with van der Waals surface area (Å²) in [4.78, 5) is 6.51. The SMILES string of the molecule is CN(C)Cc1c(N)ccnc1B1OC(C)(C)C(C)(C)O1. The maximum Gasteiger partial charge on any atom is 0.514 e. The van der Waals surface area contributed by atoms with E-state index in [1.165, 1.54) is 0 Å². The molecular formula is C14H24BN3O2. The van der Waals surface area contributed by atoms with Gasteiger partial charge in [0.1, 0.15) is 0 Å². The van der Waals surface area contributed by atoms with E-state index in [9.17, 15) is 0 Å². The highest BCUT2D eigenvalue weighted by atomic mass is 16.7. The Balaban J connectivity index is 2.37. The van der Waals surface area contributed by atoms with Gasteiger partial charge in [0.15, 0.2) is 0 Å². The Morgan fingerprint density at radius 2 is 1.75 bits per heavy atom. The van der Waals surface area contributed by atoms with E-state index >= 15 is 0 Å². The van der Waals surface area contributed by atoms with Crippen LogP contribution in [0.3, 0.4) is 0 Å². The number of nitrogens with zero attached hydrogens (tertiary/aromatic N) is 2. The molecule has 0 radical (unpaired) electrons. The van der Waals surface area contributed by atoms with Crippen LogP contribution in [-0.4, -0.2) is 42.3 Å². The molecule has 0 amide bonds. The van der Waals surface area contributed by atoms with E-state index in [4.69, 9.17) is 15.0 Å². The second-order valence-corrected chi connectivity index (χ2v) is 6.59. The van der Waals surface area contributed by atoms with Crippen LogP contribution in [0.2, 0.25) is 0 Å². The van der Waals surface area contributed by atoms with Crippen LogP contribution in [0.1, 0.15) is 33.3 Å². The highest BCUT2D eigenvalue weighted by molar-refractivity contribution is 6.61. The summed E-state index contributed by atoms with van der Waals surface area (Å²) >= 11 is 0. The molecule has 1 aromatic rings. The lowest BCUT2D eigenvalue weighted by molar-refractivity contribution is 0.00578. The Morgan fingerprint density at radius 1 is 1.20 bits per heavy atom. The van der Waals surface area contributed by atoms with Crippen molar-refractivity contribution in [2.45, 2.75) is 45.4 Å². The number of nitrogens with two attached hydrogens (primary N) is 1. The van der Waals surface area contributed by atoms with Crippen molar-refractivity contribution in [3.05, 3.63) is 17.8 Å². The number of anilines is 1. The van der Waals surface area contributed by atoms with Gasteiger partial charge in [-0.1, -0.05) is 0 Å². The molecule has 0 atom stereocenters. The largest absolute Gasteiger partial charge is 0.514 e. The molecule has 0 aromatic carbocycles. The van der Waals surface area contributed by atoms with E-state index in [-0.39, 0.29) is 11.2 Å². The summed E-state index contributed by atoms with van der Waals surface area (Å²) in [5.41, 5.74) is 7.81. The fourth-order valence-corrected chi connectivity index (χ4v) is 2.17. The molecule has 0 bridgehead atoms. The minimum absolute atomic E-state index is 0.376. The normalized spacial score (nSPS) is 20.6. The molecule has 1 aromatic heterocycles. The second-order valence-electron chi connectivity index (χ2n) is 6.59. The Hall–Kier alpha value is -1.11. The summed E-state index contributed by atoms with van der Waals surface area (Å²) in [6, 6.07) is 1.81. The van der Waals surface area contributed by atoms with E-state index < -0.39 is 7.12 Å². The third-order valence-electron chi connectivity index (χ3n) is 4.08. The van der Waals surface area contributed by atoms with Crippen LogP contribution in [0, 0.1) is 0 Å². The molecule has 2 heterocycles. The monoisotopic (exact) mass is 277 g/mol. The lowest BCUT2D eigenvalue weighted by Crippen LogP contribution is -2.41. The average molecular weight is 277 g/mol. The Morgan fingerprint density at radius 3 is 2.25 bits per heavy atom. The molecule has 6 heteroatoms. The fourth-order valence-electron chi connectivity index (χ4n) is 2.17. The van der Waals surface area contributed by atoms with Gasteiger partial charge in [-0.2, -0.15) is 0 Å². The smallest absolute Gasteiger partial charge is 0.398 e. The van der Waals surface area contributed by atoms with Crippen molar-refractivity contribution in [3.8, 4) is 0 Å². The molecule has 2 rings (SSSR count). The molecule has 110 valence electrons. The topological polar surface area (TPSA) is 60.6 Å². The van der Waals surface area contributed by atoms with Crippen molar-refractivity contribution in [1.82, 2.24) is 9.88 Å². The quantitative estimate of drug-likeness (QED) is 0.836. The first-order chi connectivity index (χ1) is 9.14. The van der Waals surface area contributed by atoms with E-state index in [2.05, 4.69) is 9.88 Å². The molecular weight excluding hydrogens is 253 g/mol. The molecule has 0 aliphatic carbocycles. The van der Waals surface area contributed by atoms with Gasteiger partial charge >= 0.3 is 7.12 Å². The summed E-state index contributed by atoms with van der Waals surface area (Å²) in [6.45, 7) is 8.84. The van der Waals surface area contributed by atoms with Gasteiger partial charge < -0.3 is 19.9 Å². The van der Waals surface area contributed by atoms with E-state index in [1.54, 1.807) is 6.20 Å². The molecule has 0 spiro atoms. The second kappa shape index (κ2) is 5.02. The van der Waals surface area contributed by atoms with Crippen LogP contribution in [-0.2, 0) is 15.9 Å². The molecule has 20 heavy (non-hydrogen) atoms. The zero-order valence-corrected chi connectivity index (χ0v) is 13.2. The van der Waals surface area contributed by atoms with Crippen molar-refractivity contribution < 1.29 is 9.31 Å². The summed E-state index contributed by atoms with van der Waals surface area (Å²) in [5.74, 6) is 0. The molecule has 1 saturated heterocycles. The lowest BCUT2D eigenvalue weighted by Gasteiger charge is -2.32. The minimum Gasteiger partial charge on any atom is -0.398 e. The van der Waals surface area contributed by atoms with Crippen molar-refractivity contribution in [2.24, 2.45) is 0 Å². The molecule has 2 N–H and O–H groups in total. The first kappa shape index (κ1) is 15.3. The van der Waals surface area contributed by atoms with Gasteiger partial charge in [-0.3, -0.25) is 4.98 Å². The fraction of sp³-hybridized carbons (Fsp3) is 0.643. The summed E-state index contributed by atoms with van der Waals surface area (Å²) < 4.78 is 12.1. The van der Waals surface area contributed by atoms with Gasteiger partial charge in [0.2, 0.25) is 0 Å². The Labute approximate surface area is 121 Å². The van der Waals surface area contributed by atoms with Crippen molar-refractivity contribution in [1.29, 1.82) is 0 Å². The predicted molar refractivity (Wildman–Crippen MR) is 81.8 cm³/mol. The van der Waals surface area contributed by atoms with E-state index in [0.717, 1.165) is 16.8 Å². The summed E-state index contributed by atoms with van der Waals surface area (Å²) in [5, 5.41) is 0. The van der Waals surface area contributed by atoms with Crippen LogP contribution in [0.15, 0.2) is 12.3 Å². The van der Waals surface area contributed by atoms with Crippen LogP contribution < -0.4 is 11.3 Å². The lowest BCUT2D eigenvalue weighted by atomic mass is 9.80. The first-order valence-electron chi connectivity index (χ1n) is 6.88. The number of hydrogen-bond acceptors (Lipinski definition) is 5. The standard InChI is InChI=1S/C14H24BN3O2/c1-13(2)14(3,4)20-15(19-13)12-10(9-18(5)6)11(16)7-8-17-12/h7-8H,9H2,1-6H3,(H2,16,17). The Kier molecular flexibility index (Phi) is 3.84. The average Bonchev–Trinajstić information content (AvgIpc) is 2.50. The number of hydrogen-bond donors (Lipinski definition) is 1. The zero-order chi connectivity index (χ0) is 15.1. The highest BCUT2D eigenvalue weighted by Gasteiger charge is 2.53. The maximum absolute atomic E-state index is 6.09. The number of rotatable bonds is 3. The van der Waals surface area contributed by atoms with Gasteiger partial charge in [0, 0.05) is 24.0 Å². The van der Waals surface area contributed by atoms with Crippen LogP contribution in [0.4, 0.5) is 5.69 Å². The number of pyridine rings is 1. The van der Waals surface area contributed by atoms with Crippen molar-refractivity contribution >= 4 is 18.4 Å². The third kappa shape index (κ3) is 2.68. The highest BCUT2D eigenvalue weighted by Crippen LogP contribution is 2.36. The molecule has 5 nitrogen and oxygen atoms in total. The maximum atomic E-state index is 6.09. The summed E-state index contributed by atoms with van der Waals surface area (Å²) in [7, 11) is 3.53. The van der Waals surface area contributed by atoms with Gasteiger partial charge in [-0.05, 0) is 47.9 Å². The summed E-state index contributed by atoms with van der Waals surface area (Å²) in [6.07, 6.45) is 1.70. The molecule has 1 aliphatic heterocycles. The van der Waals surface area contributed by atoms with E-state index in [1.807, 2.05) is 47.9 Å². The van der Waals surface area contributed by atoms with Crippen LogP contribution in [0.5, 0.6) is 0 Å². The molecule has 1 fully saturated rings. The third-order valence-corrected chi connectivity index (χ3v) is 4.08. The van der Waals surface area contributed by atoms with Crippen LogP contribution in [0.25, 0.3) is 0 Å². The van der Waals surface area contributed by atoms with Gasteiger partial charge in [0.05, 0.1) is 16.8 Å². The first-order valence-corrected chi connectivity index (χ1v) is 6.88. The molecule has 1 aliphatic rings. The van der Waals surface area contributed by atoms with Crippen LogP contribution >= 0.6 is 0 Å². The van der Waals surface area contributed by atoms with Gasteiger partial charge in [-0.15, -0.1) is 0 Å². The molecule has 0 saturated carbocycles. The molecule has 0 unspecified atom stereocenters. The van der Waals surface area contributed by atoms with Crippen molar-refractivity contribution in [2.75, 3.05) is 19.8 Å². The number of nitrogen functional groups attached to an aromatic ring is 1. The minimum atomic E-state index is -0.474.